The largest absolute Gasteiger partial charge is 0.483 e. The van der Waals surface area contributed by atoms with Gasteiger partial charge in [-0.3, -0.25) is 14.8 Å². The third-order valence-corrected chi connectivity index (χ3v) is 4.04. The second kappa shape index (κ2) is 7.72. The van der Waals surface area contributed by atoms with Crippen molar-refractivity contribution in [3.05, 3.63) is 53.6 Å². The Morgan fingerprint density at radius 1 is 1.13 bits per heavy atom. The second-order valence-corrected chi connectivity index (χ2v) is 5.69. The number of carbonyl (C=O) groups excluding carboxylic acids is 1. The molecule has 1 aliphatic rings. The number of aryl methyl sites for hydroxylation is 1. The van der Waals surface area contributed by atoms with E-state index >= 15 is 0 Å². The van der Waals surface area contributed by atoms with Gasteiger partial charge in [-0.25, -0.2) is 0 Å². The first-order valence-corrected chi connectivity index (χ1v) is 8.08. The summed E-state index contributed by atoms with van der Waals surface area (Å²) in [6.07, 6.45) is 10.4. The number of fused-ring (bicyclic) bond motifs is 1. The summed E-state index contributed by atoms with van der Waals surface area (Å²) >= 11 is 0. The van der Waals surface area contributed by atoms with E-state index in [4.69, 9.17) is 4.74 Å². The van der Waals surface area contributed by atoms with Crippen LogP contribution in [0.25, 0.3) is 0 Å². The maximum atomic E-state index is 11.9. The number of nitrogens with zero attached hydrogens (tertiary/aromatic N) is 2. The van der Waals surface area contributed by atoms with E-state index in [1.807, 2.05) is 18.2 Å². The van der Waals surface area contributed by atoms with E-state index in [0.29, 0.717) is 6.54 Å². The third kappa shape index (κ3) is 4.28. The molecule has 23 heavy (non-hydrogen) atoms. The minimum absolute atomic E-state index is 0.0484. The summed E-state index contributed by atoms with van der Waals surface area (Å²) in [4.78, 5) is 20.3. The van der Waals surface area contributed by atoms with Gasteiger partial charge in [0.1, 0.15) is 5.75 Å². The lowest BCUT2D eigenvalue weighted by Crippen LogP contribution is -2.30. The van der Waals surface area contributed by atoms with Crippen molar-refractivity contribution < 1.29 is 9.53 Å². The summed E-state index contributed by atoms with van der Waals surface area (Å²) < 4.78 is 5.71. The Bertz CT molecular complexity index is 659. The highest BCUT2D eigenvalue weighted by atomic mass is 16.5. The third-order valence-electron chi connectivity index (χ3n) is 4.04. The van der Waals surface area contributed by atoms with Gasteiger partial charge in [0.25, 0.3) is 5.91 Å². The van der Waals surface area contributed by atoms with Crippen LogP contribution in [0.3, 0.4) is 0 Å². The quantitative estimate of drug-likeness (QED) is 0.887. The number of rotatable bonds is 6. The zero-order valence-electron chi connectivity index (χ0n) is 13.1. The maximum Gasteiger partial charge on any atom is 0.257 e. The van der Waals surface area contributed by atoms with Gasteiger partial charge in [-0.05, 0) is 55.9 Å². The molecule has 120 valence electrons. The van der Waals surface area contributed by atoms with Crippen LogP contribution < -0.4 is 10.1 Å². The van der Waals surface area contributed by atoms with Gasteiger partial charge in [0.05, 0.1) is 0 Å². The fourth-order valence-electron chi connectivity index (χ4n) is 2.82. The smallest absolute Gasteiger partial charge is 0.257 e. The lowest BCUT2D eigenvalue weighted by molar-refractivity contribution is -0.123. The molecule has 1 amide bonds. The van der Waals surface area contributed by atoms with E-state index in [0.717, 1.165) is 42.7 Å². The molecule has 0 fully saturated rings. The number of nitrogens with one attached hydrogen (secondary N) is 1. The monoisotopic (exact) mass is 311 g/mol. The van der Waals surface area contributed by atoms with Crippen LogP contribution in [0.15, 0.2) is 36.8 Å². The molecule has 2 heterocycles. The van der Waals surface area contributed by atoms with Crippen molar-refractivity contribution in [3.8, 4) is 5.75 Å². The Labute approximate surface area is 136 Å². The van der Waals surface area contributed by atoms with Gasteiger partial charge in [-0.15, -0.1) is 0 Å². The van der Waals surface area contributed by atoms with Crippen molar-refractivity contribution in [1.29, 1.82) is 0 Å². The van der Waals surface area contributed by atoms with E-state index in [1.165, 1.54) is 12.0 Å². The van der Waals surface area contributed by atoms with Gasteiger partial charge in [0.2, 0.25) is 0 Å². The molecule has 0 saturated carbocycles. The second-order valence-electron chi connectivity index (χ2n) is 5.69. The minimum Gasteiger partial charge on any atom is -0.483 e. The van der Waals surface area contributed by atoms with Crippen LogP contribution in [0.5, 0.6) is 5.75 Å². The van der Waals surface area contributed by atoms with Crippen LogP contribution in [-0.2, 0) is 24.1 Å². The molecule has 1 N–H and O–H groups in total. The van der Waals surface area contributed by atoms with Crippen LogP contribution in [-0.4, -0.2) is 29.0 Å². The summed E-state index contributed by atoms with van der Waals surface area (Å²) in [5.41, 5.74) is 3.44. The van der Waals surface area contributed by atoms with Crippen LogP contribution in [0.1, 0.15) is 29.7 Å². The molecule has 0 radical (unpaired) electrons. The molecule has 5 nitrogen and oxygen atoms in total. The van der Waals surface area contributed by atoms with E-state index in [2.05, 4.69) is 15.3 Å². The van der Waals surface area contributed by atoms with Gasteiger partial charge in [0.15, 0.2) is 6.61 Å². The van der Waals surface area contributed by atoms with Crippen molar-refractivity contribution in [1.82, 2.24) is 15.3 Å². The average Bonchev–Trinajstić information content (AvgIpc) is 2.61. The first-order valence-electron chi connectivity index (χ1n) is 8.08. The molecule has 0 atom stereocenters. The molecular weight excluding hydrogens is 290 g/mol. The number of ether oxygens (including phenoxy) is 1. The molecule has 0 saturated heterocycles. The first-order chi connectivity index (χ1) is 11.3. The minimum atomic E-state index is -0.0968. The molecule has 0 aromatic carbocycles. The molecule has 5 heteroatoms. The number of hydrogen-bond acceptors (Lipinski definition) is 4. The van der Waals surface area contributed by atoms with Crippen LogP contribution in [0, 0.1) is 0 Å². The number of aromatic nitrogens is 2. The number of carbonyl (C=O) groups is 1. The molecule has 0 bridgehead atoms. The molecule has 3 rings (SSSR count). The molecule has 2 aromatic rings. The van der Waals surface area contributed by atoms with Crippen molar-refractivity contribution in [2.24, 2.45) is 0 Å². The number of amides is 1. The zero-order valence-corrected chi connectivity index (χ0v) is 13.1. The number of pyridine rings is 2. The highest BCUT2D eigenvalue weighted by Gasteiger charge is 2.15. The van der Waals surface area contributed by atoms with Gasteiger partial charge in [0, 0.05) is 36.4 Å². The summed E-state index contributed by atoms with van der Waals surface area (Å²) in [5, 5.41) is 2.88. The Hall–Kier alpha value is -2.43. The fraction of sp³-hybridized carbons (Fsp3) is 0.389. The van der Waals surface area contributed by atoms with Crippen molar-refractivity contribution in [2.75, 3.05) is 13.2 Å². The predicted molar refractivity (Wildman–Crippen MR) is 87.3 cm³/mol. The lowest BCUT2D eigenvalue weighted by Gasteiger charge is -2.18. The molecule has 0 spiro atoms. The van der Waals surface area contributed by atoms with E-state index in [1.54, 1.807) is 18.6 Å². The highest BCUT2D eigenvalue weighted by Crippen LogP contribution is 2.27. The van der Waals surface area contributed by atoms with Crippen LogP contribution >= 0.6 is 0 Å². The average molecular weight is 311 g/mol. The lowest BCUT2D eigenvalue weighted by atomic mass is 9.95. The van der Waals surface area contributed by atoms with E-state index in [9.17, 15) is 4.79 Å². The predicted octanol–water partition coefficient (Wildman–Crippen LogP) is 2.09. The summed E-state index contributed by atoms with van der Waals surface area (Å²) in [6, 6.07) is 5.76. The van der Waals surface area contributed by atoms with Crippen molar-refractivity contribution in [3.63, 3.8) is 0 Å². The van der Waals surface area contributed by atoms with Gasteiger partial charge >= 0.3 is 0 Å². The Morgan fingerprint density at radius 3 is 2.83 bits per heavy atom. The molecule has 0 aliphatic heterocycles. The van der Waals surface area contributed by atoms with Gasteiger partial charge in [-0.1, -0.05) is 0 Å². The Morgan fingerprint density at radius 2 is 1.96 bits per heavy atom. The molecule has 0 unspecified atom stereocenters. The Kier molecular flexibility index (Phi) is 5.19. The fourth-order valence-corrected chi connectivity index (χ4v) is 2.82. The zero-order chi connectivity index (χ0) is 15.9. The van der Waals surface area contributed by atoms with Crippen LogP contribution in [0.2, 0.25) is 0 Å². The highest BCUT2D eigenvalue weighted by molar-refractivity contribution is 5.77. The molecule has 2 aromatic heterocycles. The summed E-state index contributed by atoms with van der Waals surface area (Å²) in [5.74, 6) is 0.708. The van der Waals surface area contributed by atoms with Gasteiger partial charge < -0.3 is 10.1 Å². The normalized spacial score (nSPS) is 13.2. The number of hydrogen-bond donors (Lipinski definition) is 1. The SMILES string of the molecule is O=C(COc1ccnc2c1CCCC2)NCCc1ccncc1. The summed E-state index contributed by atoms with van der Waals surface area (Å²) in [6.45, 7) is 0.646. The first kappa shape index (κ1) is 15.5. The summed E-state index contributed by atoms with van der Waals surface area (Å²) in [7, 11) is 0. The molecular formula is C18H21N3O2. The molecule has 1 aliphatic carbocycles. The van der Waals surface area contributed by atoms with Crippen molar-refractivity contribution >= 4 is 5.91 Å². The maximum absolute atomic E-state index is 11.9. The van der Waals surface area contributed by atoms with E-state index < -0.39 is 0 Å². The van der Waals surface area contributed by atoms with Gasteiger partial charge in [-0.2, -0.15) is 0 Å². The Balaban J connectivity index is 1.46. The van der Waals surface area contributed by atoms with Crippen molar-refractivity contribution in [2.45, 2.75) is 32.1 Å². The van der Waals surface area contributed by atoms with E-state index in [-0.39, 0.29) is 12.5 Å². The van der Waals surface area contributed by atoms with Crippen LogP contribution in [0.4, 0.5) is 0 Å². The topological polar surface area (TPSA) is 64.1 Å². The standard InChI is InChI=1S/C18H21N3O2/c22-18(21-11-7-14-5-9-19-10-6-14)13-23-17-8-12-20-16-4-2-1-3-15(16)17/h5-6,8-10,12H,1-4,7,11,13H2,(H,21,22).